The predicted octanol–water partition coefficient (Wildman–Crippen LogP) is 1.83. The van der Waals surface area contributed by atoms with Crippen molar-refractivity contribution in [1.82, 2.24) is 14.8 Å². The molecular weight excluding hydrogens is 290 g/mol. The first kappa shape index (κ1) is 16.5. The van der Waals surface area contributed by atoms with E-state index in [4.69, 9.17) is 4.52 Å². The molecule has 0 aliphatic heterocycles. The van der Waals surface area contributed by atoms with E-state index in [1.807, 2.05) is 0 Å². The Morgan fingerprint density at radius 1 is 1.29 bits per heavy atom. The molecule has 0 spiro atoms. The molecule has 1 heterocycles. The number of nitrogens with one attached hydrogen (secondary N) is 1. The summed E-state index contributed by atoms with van der Waals surface area (Å²) in [5, 5.41) is 7.19. The van der Waals surface area contributed by atoms with Crippen LogP contribution < -0.4 is 5.32 Å². The summed E-state index contributed by atoms with van der Waals surface area (Å²) in [6.45, 7) is 6.37. The molecular formula is C14H25N3O3S. The van der Waals surface area contributed by atoms with E-state index < -0.39 is 10.0 Å². The van der Waals surface area contributed by atoms with Gasteiger partial charge in [-0.3, -0.25) is 0 Å². The fourth-order valence-electron chi connectivity index (χ4n) is 3.12. The molecule has 1 aliphatic rings. The maximum absolute atomic E-state index is 12.8. The topological polar surface area (TPSA) is 75.4 Å². The first-order chi connectivity index (χ1) is 9.87. The van der Waals surface area contributed by atoms with Crippen LogP contribution in [0.25, 0.3) is 0 Å². The van der Waals surface area contributed by atoms with E-state index in [1.54, 1.807) is 20.9 Å². The van der Waals surface area contributed by atoms with Crippen LogP contribution in [-0.4, -0.2) is 43.6 Å². The van der Waals surface area contributed by atoms with Gasteiger partial charge in [-0.05, 0) is 46.1 Å². The highest BCUT2D eigenvalue weighted by Gasteiger charge is 2.34. The fraction of sp³-hybridized carbons (Fsp3) is 0.786. The van der Waals surface area contributed by atoms with Gasteiger partial charge in [-0.15, -0.1) is 0 Å². The standard InChI is InChI=1S/C14H25N3O3S/c1-5-15-12-6-8-13(9-7-12)17(4)21(18,19)14-10(2)16-20-11(14)3/h12-13,15H,5-9H2,1-4H3. The van der Waals surface area contributed by atoms with E-state index >= 15 is 0 Å². The number of hydrogen-bond acceptors (Lipinski definition) is 5. The molecule has 0 saturated heterocycles. The number of aryl methyl sites for hydroxylation is 2. The molecule has 0 amide bonds. The Bertz CT molecular complexity index is 555. The van der Waals surface area contributed by atoms with Gasteiger partial charge in [0, 0.05) is 19.1 Å². The van der Waals surface area contributed by atoms with E-state index in [0.717, 1.165) is 32.2 Å². The molecule has 0 radical (unpaired) electrons. The summed E-state index contributed by atoms with van der Waals surface area (Å²) < 4.78 is 32.0. The van der Waals surface area contributed by atoms with Crippen molar-refractivity contribution in [3.8, 4) is 0 Å². The Morgan fingerprint density at radius 3 is 2.38 bits per heavy atom. The summed E-state index contributed by atoms with van der Waals surface area (Å²) in [6.07, 6.45) is 3.80. The minimum atomic E-state index is -3.53. The Balaban J connectivity index is 2.12. The van der Waals surface area contributed by atoms with Crippen molar-refractivity contribution < 1.29 is 12.9 Å². The second-order valence-electron chi connectivity index (χ2n) is 5.74. The highest BCUT2D eigenvalue weighted by Crippen LogP contribution is 2.29. The summed E-state index contributed by atoms with van der Waals surface area (Å²) in [5.74, 6) is 0.362. The first-order valence-electron chi connectivity index (χ1n) is 7.52. The van der Waals surface area contributed by atoms with Gasteiger partial charge in [0.25, 0.3) is 0 Å². The maximum Gasteiger partial charge on any atom is 0.248 e. The van der Waals surface area contributed by atoms with Crippen molar-refractivity contribution in [1.29, 1.82) is 0 Å². The summed E-state index contributed by atoms with van der Waals surface area (Å²) in [4.78, 5) is 0.221. The summed E-state index contributed by atoms with van der Waals surface area (Å²) in [5.41, 5.74) is 0.431. The maximum atomic E-state index is 12.8. The molecule has 0 atom stereocenters. The average Bonchev–Trinajstić information content (AvgIpc) is 2.79. The smallest absolute Gasteiger partial charge is 0.248 e. The van der Waals surface area contributed by atoms with Gasteiger partial charge in [-0.2, -0.15) is 4.31 Å². The molecule has 6 nitrogen and oxygen atoms in total. The summed E-state index contributed by atoms with van der Waals surface area (Å²) >= 11 is 0. The van der Waals surface area contributed by atoms with Crippen molar-refractivity contribution in [2.75, 3.05) is 13.6 Å². The molecule has 1 aromatic rings. The lowest BCUT2D eigenvalue weighted by Gasteiger charge is -2.34. The minimum absolute atomic E-state index is 0.0543. The molecule has 120 valence electrons. The second kappa shape index (κ2) is 6.46. The zero-order valence-electron chi connectivity index (χ0n) is 13.2. The van der Waals surface area contributed by atoms with Gasteiger partial charge in [0.05, 0.1) is 0 Å². The molecule has 2 rings (SSSR count). The molecule has 1 aliphatic carbocycles. The lowest BCUT2D eigenvalue weighted by Crippen LogP contribution is -2.43. The third kappa shape index (κ3) is 3.30. The van der Waals surface area contributed by atoms with Crippen LogP contribution >= 0.6 is 0 Å². The molecule has 0 unspecified atom stereocenters. The number of hydrogen-bond donors (Lipinski definition) is 1. The van der Waals surface area contributed by atoms with E-state index in [-0.39, 0.29) is 10.9 Å². The van der Waals surface area contributed by atoms with Gasteiger partial charge in [-0.1, -0.05) is 12.1 Å². The van der Waals surface area contributed by atoms with Gasteiger partial charge in [0.2, 0.25) is 10.0 Å². The van der Waals surface area contributed by atoms with Gasteiger partial charge >= 0.3 is 0 Å². The van der Waals surface area contributed by atoms with Gasteiger partial charge < -0.3 is 9.84 Å². The van der Waals surface area contributed by atoms with E-state index in [1.165, 1.54) is 4.31 Å². The SMILES string of the molecule is CCNC1CCC(N(C)S(=O)(=O)c2c(C)noc2C)CC1. The molecule has 1 saturated carbocycles. The Labute approximate surface area is 126 Å². The summed E-state index contributed by atoms with van der Waals surface area (Å²) in [7, 11) is -1.86. The van der Waals surface area contributed by atoms with Gasteiger partial charge in [0.15, 0.2) is 5.76 Å². The van der Waals surface area contributed by atoms with Crippen LogP contribution in [0, 0.1) is 13.8 Å². The van der Waals surface area contributed by atoms with Crippen LogP contribution in [-0.2, 0) is 10.0 Å². The van der Waals surface area contributed by atoms with E-state index in [2.05, 4.69) is 17.4 Å². The largest absolute Gasteiger partial charge is 0.360 e. The van der Waals surface area contributed by atoms with Gasteiger partial charge in [0.1, 0.15) is 10.6 Å². The average molecular weight is 315 g/mol. The molecule has 0 bridgehead atoms. The molecule has 7 heteroatoms. The van der Waals surface area contributed by atoms with Crippen LogP contribution in [0.15, 0.2) is 9.42 Å². The number of nitrogens with zero attached hydrogens (tertiary/aromatic N) is 2. The van der Waals surface area contributed by atoms with Crippen LogP contribution in [0.3, 0.4) is 0 Å². The van der Waals surface area contributed by atoms with Crippen LogP contribution in [0.2, 0.25) is 0 Å². The third-order valence-corrected chi connectivity index (χ3v) is 6.46. The third-order valence-electron chi connectivity index (χ3n) is 4.31. The lowest BCUT2D eigenvalue weighted by molar-refractivity contribution is 0.251. The van der Waals surface area contributed by atoms with Crippen LogP contribution in [0.1, 0.15) is 44.1 Å². The zero-order chi connectivity index (χ0) is 15.6. The molecule has 21 heavy (non-hydrogen) atoms. The van der Waals surface area contributed by atoms with E-state index in [0.29, 0.717) is 17.5 Å². The minimum Gasteiger partial charge on any atom is -0.360 e. The molecule has 1 fully saturated rings. The number of rotatable bonds is 5. The first-order valence-corrected chi connectivity index (χ1v) is 8.96. The predicted molar refractivity (Wildman–Crippen MR) is 80.6 cm³/mol. The Hall–Kier alpha value is -0.920. The second-order valence-corrected chi connectivity index (χ2v) is 7.67. The van der Waals surface area contributed by atoms with Gasteiger partial charge in [-0.25, -0.2) is 8.42 Å². The van der Waals surface area contributed by atoms with E-state index in [9.17, 15) is 8.42 Å². The number of aromatic nitrogens is 1. The van der Waals surface area contributed by atoms with Crippen molar-refractivity contribution in [3.63, 3.8) is 0 Å². The Morgan fingerprint density at radius 2 is 1.90 bits per heavy atom. The molecule has 1 aromatic heterocycles. The fourth-order valence-corrected chi connectivity index (χ4v) is 4.82. The van der Waals surface area contributed by atoms with Crippen LogP contribution in [0.5, 0.6) is 0 Å². The van der Waals surface area contributed by atoms with Crippen molar-refractivity contribution in [2.45, 2.75) is 63.4 Å². The van der Waals surface area contributed by atoms with Crippen molar-refractivity contribution >= 4 is 10.0 Å². The Kier molecular flexibility index (Phi) is 5.06. The number of sulfonamides is 1. The monoisotopic (exact) mass is 315 g/mol. The van der Waals surface area contributed by atoms with Crippen LogP contribution in [0.4, 0.5) is 0 Å². The van der Waals surface area contributed by atoms with Crippen molar-refractivity contribution in [2.24, 2.45) is 0 Å². The van der Waals surface area contributed by atoms with Crippen molar-refractivity contribution in [3.05, 3.63) is 11.5 Å². The molecule has 0 aromatic carbocycles. The lowest BCUT2D eigenvalue weighted by atomic mass is 9.91. The highest BCUT2D eigenvalue weighted by atomic mass is 32.2. The molecule has 1 N–H and O–H groups in total. The summed E-state index contributed by atoms with van der Waals surface area (Å²) in [6, 6.07) is 0.569. The quantitative estimate of drug-likeness (QED) is 0.897. The normalized spacial score (nSPS) is 23.7. The highest BCUT2D eigenvalue weighted by molar-refractivity contribution is 7.89. The zero-order valence-corrected chi connectivity index (χ0v) is 14.0.